The second-order valence-corrected chi connectivity index (χ2v) is 7.39. The van der Waals surface area contributed by atoms with Gasteiger partial charge in [0.2, 0.25) is 6.29 Å². The van der Waals surface area contributed by atoms with Crippen molar-refractivity contribution in [1.29, 1.82) is 0 Å². The van der Waals surface area contributed by atoms with Crippen molar-refractivity contribution < 1.29 is 0 Å². The van der Waals surface area contributed by atoms with Crippen LogP contribution in [0.2, 0.25) is 0 Å². The Morgan fingerprint density at radius 3 is 2.17 bits per heavy atom. The van der Waals surface area contributed by atoms with Gasteiger partial charge in [0.05, 0.1) is 5.69 Å². The zero-order chi connectivity index (χ0) is 20.9. The third-order valence-electron chi connectivity index (χ3n) is 5.13. The maximum atomic E-state index is 4.63. The van der Waals surface area contributed by atoms with Gasteiger partial charge < -0.3 is 9.80 Å². The van der Waals surface area contributed by atoms with Gasteiger partial charge in [0.15, 0.2) is 5.84 Å². The Hall–Kier alpha value is -3.67. The molecule has 1 aliphatic rings. The molecular weight excluding hydrogens is 372 g/mol. The van der Waals surface area contributed by atoms with Crippen LogP contribution in [0.3, 0.4) is 0 Å². The molecule has 0 aliphatic carbocycles. The molecule has 0 radical (unpaired) electrons. The van der Waals surface area contributed by atoms with Gasteiger partial charge in [0, 0.05) is 38.9 Å². The van der Waals surface area contributed by atoms with Crippen molar-refractivity contribution >= 4 is 17.2 Å². The minimum Gasteiger partial charge on any atom is -0.370 e. The molecule has 1 aliphatic heterocycles. The van der Waals surface area contributed by atoms with Gasteiger partial charge in [0.25, 0.3) is 0 Å². The predicted molar refractivity (Wildman–Crippen MR) is 122 cm³/mol. The highest BCUT2D eigenvalue weighted by molar-refractivity contribution is 5.99. The van der Waals surface area contributed by atoms with Crippen LogP contribution in [0.5, 0.6) is 0 Å². The smallest absolute Gasteiger partial charge is 0.234 e. The topological polar surface area (TPSA) is 46.8 Å². The minimum atomic E-state index is -0.263. The Kier molecular flexibility index (Phi) is 5.75. The molecule has 1 unspecified atom stereocenters. The maximum Gasteiger partial charge on any atom is 0.234 e. The van der Waals surface area contributed by atoms with Crippen LogP contribution in [0.15, 0.2) is 100 Å². The lowest BCUT2D eigenvalue weighted by molar-refractivity contribution is 0.181. The molecule has 0 N–H and O–H groups in total. The largest absolute Gasteiger partial charge is 0.370 e. The fraction of sp³-hybridized carbons (Fsp3) is 0.208. The van der Waals surface area contributed by atoms with Crippen molar-refractivity contribution in [1.82, 2.24) is 9.91 Å². The van der Waals surface area contributed by atoms with E-state index in [9.17, 15) is 0 Å². The summed E-state index contributed by atoms with van der Waals surface area (Å²) < 4.78 is 0. The molecule has 0 bridgehead atoms. The van der Waals surface area contributed by atoms with Gasteiger partial charge in [0.1, 0.15) is 0 Å². The summed E-state index contributed by atoms with van der Waals surface area (Å²) in [5.41, 5.74) is 4.31. The first kappa shape index (κ1) is 19.6. The molecule has 30 heavy (non-hydrogen) atoms. The highest BCUT2D eigenvalue weighted by Gasteiger charge is 2.29. The van der Waals surface area contributed by atoms with E-state index in [1.807, 2.05) is 72.5 Å². The van der Waals surface area contributed by atoms with Crippen molar-refractivity contribution in [2.45, 2.75) is 12.8 Å². The molecule has 6 heteroatoms. The van der Waals surface area contributed by atoms with E-state index >= 15 is 0 Å². The van der Waals surface area contributed by atoms with Crippen molar-refractivity contribution in [2.24, 2.45) is 15.3 Å². The number of nitrogens with zero attached hydrogens (tertiary/aromatic N) is 6. The molecule has 0 saturated carbocycles. The van der Waals surface area contributed by atoms with Gasteiger partial charge in [-0.15, -0.1) is 5.11 Å². The van der Waals surface area contributed by atoms with Crippen LogP contribution in [0.4, 0.5) is 11.4 Å². The van der Waals surface area contributed by atoms with Gasteiger partial charge in [-0.1, -0.05) is 60.7 Å². The lowest BCUT2D eigenvalue weighted by Gasteiger charge is -2.21. The number of azo groups is 1. The fourth-order valence-electron chi connectivity index (χ4n) is 3.47. The fourth-order valence-corrected chi connectivity index (χ4v) is 3.47. The van der Waals surface area contributed by atoms with E-state index in [0.29, 0.717) is 0 Å². The first-order chi connectivity index (χ1) is 14.6. The number of rotatable bonds is 6. The lowest BCUT2D eigenvalue weighted by Crippen LogP contribution is -2.36. The lowest BCUT2D eigenvalue weighted by atomic mass is 10.2. The molecule has 4 rings (SSSR count). The standard InChI is InChI=1S/C24H26N6/c1-28(18-19-10-6-4-7-11-19)22-16-14-21(15-17-22)25-26-24-29(2)23(27-30(24)3)20-12-8-5-9-13-20/h4-17,24H,18H2,1-3H3. The van der Waals surface area contributed by atoms with E-state index in [1.54, 1.807) is 0 Å². The Bertz CT molecular complexity index is 1010. The van der Waals surface area contributed by atoms with Gasteiger partial charge in [-0.3, -0.25) is 5.01 Å². The van der Waals surface area contributed by atoms with Crippen molar-refractivity contribution in [2.75, 3.05) is 26.0 Å². The van der Waals surface area contributed by atoms with Gasteiger partial charge in [-0.25, -0.2) is 0 Å². The predicted octanol–water partition coefficient (Wildman–Crippen LogP) is 4.93. The molecule has 0 spiro atoms. The molecule has 1 heterocycles. The number of hydrogen-bond donors (Lipinski definition) is 0. The van der Waals surface area contributed by atoms with E-state index in [0.717, 1.165) is 29.3 Å². The van der Waals surface area contributed by atoms with Gasteiger partial charge in [-0.2, -0.15) is 10.2 Å². The van der Waals surface area contributed by atoms with Crippen LogP contribution in [-0.4, -0.2) is 43.2 Å². The Morgan fingerprint density at radius 2 is 1.50 bits per heavy atom. The monoisotopic (exact) mass is 398 g/mol. The molecule has 3 aromatic carbocycles. The number of hydrazone groups is 1. The van der Waals surface area contributed by atoms with E-state index in [4.69, 9.17) is 0 Å². The molecule has 0 amide bonds. The van der Waals surface area contributed by atoms with E-state index in [2.05, 4.69) is 63.7 Å². The molecule has 6 nitrogen and oxygen atoms in total. The molecule has 152 valence electrons. The summed E-state index contributed by atoms with van der Waals surface area (Å²) in [5.74, 6) is 0.889. The summed E-state index contributed by atoms with van der Waals surface area (Å²) in [5, 5.41) is 15.4. The van der Waals surface area contributed by atoms with Crippen molar-refractivity contribution in [3.63, 3.8) is 0 Å². The molecular formula is C24H26N6. The third kappa shape index (κ3) is 4.33. The Balaban J connectivity index is 1.41. The van der Waals surface area contributed by atoms with Crippen LogP contribution in [0.25, 0.3) is 0 Å². The average Bonchev–Trinajstić information content (AvgIpc) is 3.07. The molecule has 0 saturated heterocycles. The third-order valence-corrected chi connectivity index (χ3v) is 5.13. The highest BCUT2D eigenvalue weighted by Crippen LogP contribution is 2.23. The van der Waals surface area contributed by atoms with Gasteiger partial charge >= 0.3 is 0 Å². The van der Waals surface area contributed by atoms with Crippen LogP contribution in [0.1, 0.15) is 11.1 Å². The number of amidine groups is 1. The molecule has 0 aromatic heterocycles. The zero-order valence-corrected chi connectivity index (χ0v) is 17.6. The minimum absolute atomic E-state index is 0.263. The van der Waals surface area contributed by atoms with Crippen LogP contribution >= 0.6 is 0 Å². The van der Waals surface area contributed by atoms with Crippen LogP contribution < -0.4 is 4.90 Å². The van der Waals surface area contributed by atoms with E-state index in [1.165, 1.54) is 5.56 Å². The average molecular weight is 399 g/mol. The number of anilines is 1. The second kappa shape index (κ2) is 8.78. The summed E-state index contributed by atoms with van der Waals surface area (Å²) in [6.07, 6.45) is -0.263. The first-order valence-electron chi connectivity index (χ1n) is 9.97. The number of hydrogen-bond acceptors (Lipinski definition) is 6. The molecule has 3 aromatic rings. The summed E-state index contributed by atoms with van der Waals surface area (Å²) in [6.45, 7) is 0.860. The molecule has 1 atom stereocenters. The highest BCUT2D eigenvalue weighted by atomic mass is 15.7. The SMILES string of the molecule is CN(Cc1ccccc1)c1ccc(N=NC2N(C)N=C(c3ccccc3)N2C)cc1. The van der Waals surface area contributed by atoms with Crippen molar-refractivity contribution in [3.05, 3.63) is 96.1 Å². The van der Waals surface area contributed by atoms with Crippen LogP contribution in [-0.2, 0) is 6.54 Å². The van der Waals surface area contributed by atoms with E-state index < -0.39 is 0 Å². The summed E-state index contributed by atoms with van der Waals surface area (Å²) in [7, 11) is 5.99. The quantitative estimate of drug-likeness (QED) is 0.553. The van der Waals surface area contributed by atoms with Gasteiger partial charge in [-0.05, 0) is 29.8 Å². The second-order valence-electron chi connectivity index (χ2n) is 7.39. The Morgan fingerprint density at radius 1 is 0.867 bits per heavy atom. The number of benzene rings is 3. The summed E-state index contributed by atoms with van der Waals surface area (Å²) >= 11 is 0. The normalized spacial score (nSPS) is 16.2. The van der Waals surface area contributed by atoms with Crippen molar-refractivity contribution in [3.8, 4) is 0 Å². The maximum absolute atomic E-state index is 4.63. The Labute approximate surface area is 177 Å². The van der Waals surface area contributed by atoms with Crippen LogP contribution in [0, 0.1) is 0 Å². The first-order valence-corrected chi connectivity index (χ1v) is 9.97. The zero-order valence-electron chi connectivity index (χ0n) is 17.6. The summed E-state index contributed by atoms with van der Waals surface area (Å²) in [4.78, 5) is 4.25. The van der Waals surface area contributed by atoms with E-state index in [-0.39, 0.29) is 6.29 Å². The summed E-state index contributed by atoms with van der Waals surface area (Å²) in [6, 6.07) is 28.7. The molecule has 0 fully saturated rings.